The smallest absolute Gasteiger partial charge is 0.225 e. The summed E-state index contributed by atoms with van der Waals surface area (Å²) in [5.74, 6) is 0.125. The molecule has 1 amide bonds. The van der Waals surface area contributed by atoms with Crippen LogP contribution in [0.25, 0.3) is 0 Å². The van der Waals surface area contributed by atoms with Crippen molar-refractivity contribution in [1.82, 2.24) is 0 Å². The van der Waals surface area contributed by atoms with Crippen LogP contribution in [-0.4, -0.2) is 5.91 Å². The standard InChI is InChI=1S/C14H18N2O/c1-10(2)12-4-6-13(7-5-12)16-14(17)8-11(3)9-15/h4-7,10-11H,8H2,1-3H3,(H,16,17). The van der Waals surface area contributed by atoms with E-state index in [-0.39, 0.29) is 18.2 Å². The molecule has 1 N–H and O–H groups in total. The number of nitriles is 1. The normalized spacial score (nSPS) is 11.9. The van der Waals surface area contributed by atoms with Crippen molar-refractivity contribution in [2.24, 2.45) is 5.92 Å². The van der Waals surface area contributed by atoms with Crippen molar-refractivity contribution in [3.8, 4) is 6.07 Å². The number of nitrogens with zero attached hydrogens (tertiary/aromatic N) is 1. The summed E-state index contributed by atoms with van der Waals surface area (Å²) in [6, 6.07) is 9.85. The topological polar surface area (TPSA) is 52.9 Å². The lowest BCUT2D eigenvalue weighted by atomic mass is 10.0. The molecule has 0 saturated carbocycles. The van der Waals surface area contributed by atoms with Gasteiger partial charge >= 0.3 is 0 Å². The van der Waals surface area contributed by atoms with Gasteiger partial charge in [0, 0.05) is 12.1 Å². The molecule has 0 radical (unpaired) electrons. The molecule has 1 rings (SSSR count). The molecule has 0 aromatic heterocycles. The van der Waals surface area contributed by atoms with Gasteiger partial charge in [0.05, 0.1) is 12.0 Å². The summed E-state index contributed by atoms with van der Waals surface area (Å²) in [4.78, 5) is 11.5. The third-order valence-electron chi connectivity index (χ3n) is 2.57. The molecule has 1 aromatic rings. The van der Waals surface area contributed by atoms with Gasteiger partial charge in [-0.3, -0.25) is 4.79 Å². The molecule has 90 valence electrons. The van der Waals surface area contributed by atoms with Gasteiger partial charge in [0.25, 0.3) is 0 Å². The molecule has 3 nitrogen and oxygen atoms in total. The van der Waals surface area contributed by atoms with Crippen LogP contribution < -0.4 is 5.32 Å². The van der Waals surface area contributed by atoms with Gasteiger partial charge in [-0.1, -0.05) is 26.0 Å². The Hall–Kier alpha value is -1.82. The second kappa shape index (κ2) is 6.05. The van der Waals surface area contributed by atoms with Crippen molar-refractivity contribution in [2.45, 2.75) is 33.1 Å². The Bertz CT molecular complexity index is 415. The highest BCUT2D eigenvalue weighted by atomic mass is 16.1. The Morgan fingerprint density at radius 2 is 1.88 bits per heavy atom. The van der Waals surface area contributed by atoms with Crippen molar-refractivity contribution in [3.05, 3.63) is 29.8 Å². The molecule has 0 aliphatic rings. The van der Waals surface area contributed by atoms with E-state index in [0.29, 0.717) is 5.92 Å². The molecule has 1 aromatic carbocycles. The fourth-order valence-corrected chi connectivity index (χ4v) is 1.49. The van der Waals surface area contributed by atoms with E-state index in [9.17, 15) is 4.79 Å². The predicted molar refractivity (Wildman–Crippen MR) is 68.6 cm³/mol. The second-order valence-corrected chi connectivity index (χ2v) is 4.56. The summed E-state index contributed by atoms with van der Waals surface area (Å²) in [5.41, 5.74) is 2.03. The van der Waals surface area contributed by atoms with Gasteiger partial charge in [0.1, 0.15) is 0 Å². The lowest BCUT2D eigenvalue weighted by molar-refractivity contribution is -0.116. The lowest BCUT2D eigenvalue weighted by Crippen LogP contribution is -2.14. The van der Waals surface area contributed by atoms with Crippen molar-refractivity contribution in [3.63, 3.8) is 0 Å². The first kappa shape index (κ1) is 13.2. The van der Waals surface area contributed by atoms with Crippen LogP contribution >= 0.6 is 0 Å². The Kier molecular flexibility index (Phi) is 4.71. The highest BCUT2D eigenvalue weighted by Crippen LogP contribution is 2.17. The summed E-state index contributed by atoms with van der Waals surface area (Å²) in [6.07, 6.45) is 0.239. The number of anilines is 1. The molecule has 0 aliphatic heterocycles. The zero-order chi connectivity index (χ0) is 12.8. The number of rotatable bonds is 4. The Labute approximate surface area is 102 Å². The number of carbonyl (C=O) groups is 1. The first-order valence-electron chi connectivity index (χ1n) is 5.82. The van der Waals surface area contributed by atoms with E-state index in [2.05, 4.69) is 19.2 Å². The van der Waals surface area contributed by atoms with Gasteiger partial charge in [0.2, 0.25) is 5.91 Å². The SMILES string of the molecule is CC(C#N)CC(=O)Nc1ccc(C(C)C)cc1. The van der Waals surface area contributed by atoms with Crippen LogP contribution in [0, 0.1) is 17.2 Å². The van der Waals surface area contributed by atoms with Crippen LogP contribution in [0.1, 0.15) is 38.7 Å². The molecule has 17 heavy (non-hydrogen) atoms. The van der Waals surface area contributed by atoms with Crippen LogP contribution in [0.15, 0.2) is 24.3 Å². The van der Waals surface area contributed by atoms with Gasteiger partial charge in [-0.15, -0.1) is 0 Å². The van der Waals surface area contributed by atoms with Crippen molar-refractivity contribution in [1.29, 1.82) is 5.26 Å². The summed E-state index contributed by atoms with van der Waals surface area (Å²) < 4.78 is 0. The summed E-state index contributed by atoms with van der Waals surface area (Å²) in [7, 11) is 0. The van der Waals surface area contributed by atoms with Crippen LogP contribution in [-0.2, 0) is 4.79 Å². The van der Waals surface area contributed by atoms with Crippen LogP contribution in [0.5, 0.6) is 0 Å². The van der Waals surface area contributed by atoms with E-state index in [0.717, 1.165) is 5.69 Å². The average Bonchev–Trinajstić information content (AvgIpc) is 2.29. The first-order valence-corrected chi connectivity index (χ1v) is 5.82. The molecule has 0 heterocycles. The monoisotopic (exact) mass is 230 g/mol. The van der Waals surface area contributed by atoms with Gasteiger partial charge in [-0.05, 0) is 30.5 Å². The minimum absolute atomic E-state index is 0.114. The fraction of sp³-hybridized carbons (Fsp3) is 0.429. The average molecular weight is 230 g/mol. The third-order valence-corrected chi connectivity index (χ3v) is 2.57. The molecule has 0 aliphatic carbocycles. The van der Waals surface area contributed by atoms with Crippen molar-refractivity contribution in [2.75, 3.05) is 5.32 Å². The van der Waals surface area contributed by atoms with E-state index in [4.69, 9.17) is 5.26 Å². The van der Waals surface area contributed by atoms with E-state index in [1.54, 1.807) is 6.92 Å². The molecular formula is C14H18N2O. The van der Waals surface area contributed by atoms with Crippen LogP contribution in [0.2, 0.25) is 0 Å². The quantitative estimate of drug-likeness (QED) is 0.862. The number of nitrogens with one attached hydrogen (secondary N) is 1. The Balaban J connectivity index is 2.58. The van der Waals surface area contributed by atoms with Gasteiger partial charge in [-0.25, -0.2) is 0 Å². The molecule has 1 atom stereocenters. The molecule has 0 saturated heterocycles. The molecule has 3 heteroatoms. The van der Waals surface area contributed by atoms with Crippen molar-refractivity contribution >= 4 is 11.6 Å². The van der Waals surface area contributed by atoms with Gasteiger partial charge in [-0.2, -0.15) is 5.26 Å². The van der Waals surface area contributed by atoms with E-state index < -0.39 is 0 Å². The summed E-state index contributed by atoms with van der Waals surface area (Å²) in [5, 5.41) is 11.4. The van der Waals surface area contributed by atoms with Gasteiger partial charge < -0.3 is 5.32 Å². The van der Waals surface area contributed by atoms with Crippen molar-refractivity contribution < 1.29 is 4.79 Å². The summed E-state index contributed by atoms with van der Waals surface area (Å²) in [6.45, 7) is 5.99. The summed E-state index contributed by atoms with van der Waals surface area (Å²) >= 11 is 0. The zero-order valence-corrected chi connectivity index (χ0v) is 10.5. The highest BCUT2D eigenvalue weighted by molar-refractivity contribution is 5.90. The van der Waals surface area contributed by atoms with E-state index in [1.807, 2.05) is 30.3 Å². The van der Waals surface area contributed by atoms with Crippen LogP contribution in [0.4, 0.5) is 5.69 Å². The minimum Gasteiger partial charge on any atom is -0.326 e. The molecule has 0 bridgehead atoms. The van der Waals surface area contributed by atoms with E-state index >= 15 is 0 Å². The third kappa shape index (κ3) is 4.28. The molecule has 1 unspecified atom stereocenters. The first-order chi connectivity index (χ1) is 8.02. The lowest BCUT2D eigenvalue weighted by Gasteiger charge is -2.08. The predicted octanol–water partition coefficient (Wildman–Crippen LogP) is 3.30. The number of carbonyl (C=O) groups excluding carboxylic acids is 1. The largest absolute Gasteiger partial charge is 0.326 e. The molecular weight excluding hydrogens is 212 g/mol. The second-order valence-electron chi connectivity index (χ2n) is 4.56. The maximum Gasteiger partial charge on any atom is 0.225 e. The Morgan fingerprint density at radius 3 is 2.35 bits per heavy atom. The minimum atomic E-state index is -0.245. The van der Waals surface area contributed by atoms with Crippen LogP contribution in [0.3, 0.4) is 0 Å². The maximum absolute atomic E-state index is 11.5. The highest BCUT2D eigenvalue weighted by Gasteiger charge is 2.08. The van der Waals surface area contributed by atoms with Gasteiger partial charge in [0.15, 0.2) is 0 Å². The van der Waals surface area contributed by atoms with E-state index in [1.165, 1.54) is 5.56 Å². The fourth-order valence-electron chi connectivity index (χ4n) is 1.49. The molecule has 0 spiro atoms. The number of amides is 1. The number of hydrogen-bond donors (Lipinski definition) is 1. The number of benzene rings is 1. The number of hydrogen-bond acceptors (Lipinski definition) is 2. The molecule has 0 fully saturated rings. The Morgan fingerprint density at radius 1 is 1.29 bits per heavy atom. The maximum atomic E-state index is 11.5. The zero-order valence-electron chi connectivity index (χ0n) is 10.5.